The number of fused-ring (bicyclic) bond motifs is 1. The first kappa shape index (κ1) is 19.3. The third-order valence-electron chi connectivity index (χ3n) is 5.56. The second-order valence-corrected chi connectivity index (χ2v) is 20.6. The van der Waals surface area contributed by atoms with Crippen LogP contribution in [0.3, 0.4) is 0 Å². The van der Waals surface area contributed by atoms with Crippen molar-refractivity contribution in [3.05, 3.63) is 12.0 Å². The number of hydrogen-bond acceptors (Lipinski definition) is 2. The molecule has 1 aliphatic heterocycles. The molecule has 0 radical (unpaired) electrons. The SMILES string of the molecule is CCC[CH2][Sn]([CH2]CCC)([CH2]CCC)[c]1cn2c(n1)CN(C)CC2. The molecule has 0 N–H and O–H groups in total. The number of rotatable bonds is 10. The molecule has 1 aromatic heterocycles. The monoisotopic (exact) mass is 427 g/mol. The number of imidazole rings is 1. The van der Waals surface area contributed by atoms with Gasteiger partial charge in [-0.15, -0.1) is 0 Å². The van der Waals surface area contributed by atoms with E-state index < -0.39 is 18.4 Å². The molecule has 2 rings (SSSR count). The molecule has 0 atom stereocenters. The van der Waals surface area contributed by atoms with Gasteiger partial charge >= 0.3 is 148 Å². The Morgan fingerprint density at radius 2 is 1.52 bits per heavy atom. The molecule has 0 saturated heterocycles. The van der Waals surface area contributed by atoms with E-state index in [1.807, 2.05) is 0 Å². The fraction of sp³-hybridized carbons (Fsp3) is 0.842. The van der Waals surface area contributed by atoms with E-state index in [-0.39, 0.29) is 0 Å². The van der Waals surface area contributed by atoms with E-state index in [1.165, 1.54) is 64.2 Å². The Morgan fingerprint density at radius 1 is 0.957 bits per heavy atom. The Hall–Kier alpha value is -0.0313. The van der Waals surface area contributed by atoms with E-state index in [0.717, 1.165) is 13.1 Å². The van der Waals surface area contributed by atoms with Crippen molar-refractivity contribution in [2.45, 2.75) is 85.7 Å². The first-order chi connectivity index (χ1) is 11.1. The molecule has 4 heteroatoms. The van der Waals surface area contributed by atoms with Gasteiger partial charge in [-0.2, -0.15) is 0 Å². The maximum atomic E-state index is 5.25. The molecule has 3 nitrogen and oxygen atoms in total. The molecule has 0 aromatic carbocycles. The van der Waals surface area contributed by atoms with Crippen LogP contribution in [0, 0.1) is 0 Å². The zero-order chi connectivity index (χ0) is 16.7. The number of nitrogens with zero attached hydrogens (tertiary/aromatic N) is 3. The average molecular weight is 426 g/mol. The fourth-order valence-electron chi connectivity index (χ4n) is 3.93. The van der Waals surface area contributed by atoms with Gasteiger partial charge in [-0.05, 0) is 0 Å². The summed E-state index contributed by atoms with van der Waals surface area (Å²) in [5.74, 6) is 1.33. The predicted molar refractivity (Wildman–Crippen MR) is 103 cm³/mol. The molecule has 0 saturated carbocycles. The van der Waals surface area contributed by atoms with Crippen LogP contribution in [-0.4, -0.2) is 46.4 Å². The average Bonchev–Trinajstić information content (AvgIpc) is 2.98. The fourth-order valence-corrected chi connectivity index (χ4v) is 19.4. The molecule has 132 valence electrons. The zero-order valence-corrected chi connectivity index (χ0v) is 18.8. The van der Waals surface area contributed by atoms with Gasteiger partial charge in [0.2, 0.25) is 0 Å². The number of unbranched alkanes of at least 4 members (excludes halogenated alkanes) is 3. The Morgan fingerprint density at radius 3 is 2.04 bits per heavy atom. The van der Waals surface area contributed by atoms with Crippen molar-refractivity contribution in [1.29, 1.82) is 0 Å². The normalized spacial score (nSPS) is 15.8. The Balaban J connectivity index is 2.29. The molecular formula is C19H37N3Sn. The van der Waals surface area contributed by atoms with Crippen LogP contribution in [0.15, 0.2) is 6.20 Å². The van der Waals surface area contributed by atoms with Gasteiger partial charge in [0, 0.05) is 0 Å². The van der Waals surface area contributed by atoms with Crippen LogP contribution in [0.2, 0.25) is 13.3 Å². The standard InChI is InChI=1S/C7H10N3.3C4H9.Sn/c1-9-4-5-10-3-2-8-7(10)6-9;3*1-3-4-2;/h3H,4-6H2,1H3;3*1,3-4H2,2H3;. The summed E-state index contributed by atoms with van der Waals surface area (Å²) in [6, 6.07) is 0. The summed E-state index contributed by atoms with van der Waals surface area (Å²) in [6.45, 7) is 10.4. The topological polar surface area (TPSA) is 21.1 Å². The molecule has 0 unspecified atom stereocenters. The number of likely N-dealkylation sites (N-methyl/N-ethyl adjacent to an activating group) is 1. The van der Waals surface area contributed by atoms with E-state index in [0.29, 0.717) is 0 Å². The molecule has 23 heavy (non-hydrogen) atoms. The Labute approximate surface area is 147 Å². The summed E-state index contributed by atoms with van der Waals surface area (Å²) < 4.78 is 8.66. The van der Waals surface area contributed by atoms with Crippen molar-refractivity contribution in [1.82, 2.24) is 14.5 Å². The molecular weight excluding hydrogens is 389 g/mol. The van der Waals surface area contributed by atoms with Crippen LogP contribution in [0.5, 0.6) is 0 Å². The maximum absolute atomic E-state index is 5.25. The molecule has 2 heterocycles. The van der Waals surface area contributed by atoms with Gasteiger partial charge in [0.1, 0.15) is 0 Å². The van der Waals surface area contributed by atoms with Crippen LogP contribution >= 0.6 is 0 Å². The summed E-state index contributed by atoms with van der Waals surface area (Å²) in [6.07, 6.45) is 10.8. The van der Waals surface area contributed by atoms with Crippen molar-refractivity contribution in [3.8, 4) is 0 Å². The molecule has 0 amide bonds. The molecule has 0 fully saturated rings. The second kappa shape index (κ2) is 9.45. The van der Waals surface area contributed by atoms with Gasteiger partial charge < -0.3 is 0 Å². The minimum absolute atomic E-state index is 1.04. The zero-order valence-electron chi connectivity index (χ0n) is 15.9. The van der Waals surface area contributed by atoms with E-state index in [2.05, 4.69) is 43.5 Å². The van der Waals surface area contributed by atoms with Gasteiger partial charge in [-0.1, -0.05) is 0 Å². The number of hydrogen-bond donors (Lipinski definition) is 0. The van der Waals surface area contributed by atoms with Gasteiger partial charge in [0.15, 0.2) is 0 Å². The summed E-state index contributed by atoms with van der Waals surface area (Å²) in [5.41, 5.74) is 0. The van der Waals surface area contributed by atoms with E-state index in [1.54, 1.807) is 3.71 Å². The summed E-state index contributed by atoms with van der Waals surface area (Å²) in [4.78, 5) is 7.66. The van der Waals surface area contributed by atoms with E-state index in [9.17, 15) is 0 Å². The molecule has 0 spiro atoms. The van der Waals surface area contributed by atoms with Crippen LogP contribution in [-0.2, 0) is 13.1 Å². The first-order valence-corrected chi connectivity index (χ1v) is 17.4. The van der Waals surface area contributed by atoms with Gasteiger partial charge in [-0.3, -0.25) is 0 Å². The third-order valence-corrected chi connectivity index (χ3v) is 20.6. The van der Waals surface area contributed by atoms with Crippen molar-refractivity contribution in [2.24, 2.45) is 0 Å². The second-order valence-electron chi connectivity index (χ2n) is 7.56. The van der Waals surface area contributed by atoms with Gasteiger partial charge in [-0.25, -0.2) is 0 Å². The summed E-state index contributed by atoms with van der Waals surface area (Å²) in [7, 11) is 2.22. The number of aromatic nitrogens is 2. The Bertz CT molecular complexity index is 447. The molecule has 1 aliphatic rings. The van der Waals surface area contributed by atoms with Crippen LogP contribution in [0.4, 0.5) is 0 Å². The van der Waals surface area contributed by atoms with Crippen LogP contribution in [0.25, 0.3) is 0 Å². The molecule has 0 bridgehead atoms. The molecule has 0 aliphatic carbocycles. The van der Waals surface area contributed by atoms with Gasteiger partial charge in [0.05, 0.1) is 0 Å². The summed E-state index contributed by atoms with van der Waals surface area (Å²) in [5, 5.41) is 0. The van der Waals surface area contributed by atoms with Crippen molar-refractivity contribution in [2.75, 3.05) is 13.6 Å². The van der Waals surface area contributed by atoms with E-state index >= 15 is 0 Å². The van der Waals surface area contributed by atoms with Crippen LogP contribution in [0.1, 0.15) is 65.1 Å². The third kappa shape index (κ3) is 4.97. The predicted octanol–water partition coefficient (Wildman–Crippen LogP) is 4.38. The Kier molecular flexibility index (Phi) is 7.93. The summed E-state index contributed by atoms with van der Waals surface area (Å²) >= 11 is -2.32. The van der Waals surface area contributed by atoms with Crippen molar-refractivity contribution in [3.63, 3.8) is 0 Å². The van der Waals surface area contributed by atoms with Crippen molar-refractivity contribution >= 4 is 22.1 Å². The minimum atomic E-state index is -2.32. The van der Waals surface area contributed by atoms with Gasteiger partial charge in [0.25, 0.3) is 0 Å². The first-order valence-electron chi connectivity index (χ1n) is 9.90. The quantitative estimate of drug-likeness (QED) is 0.518. The van der Waals surface area contributed by atoms with Crippen molar-refractivity contribution < 1.29 is 0 Å². The van der Waals surface area contributed by atoms with E-state index in [4.69, 9.17) is 4.98 Å². The molecule has 1 aromatic rings. The van der Waals surface area contributed by atoms with Crippen LogP contribution < -0.4 is 3.71 Å².